The molecule has 0 fully saturated rings. The molecule has 6 N–H and O–H groups in total. The number of rotatable bonds is 8. The molecule has 3 aromatic rings. The largest absolute Gasteiger partial charge is 0.352 e. The highest BCUT2D eigenvalue weighted by atomic mass is 16.2. The van der Waals surface area contributed by atoms with Crippen molar-refractivity contribution in [3.05, 3.63) is 83.6 Å². The topological polar surface area (TPSA) is 129 Å². The summed E-state index contributed by atoms with van der Waals surface area (Å²) in [6, 6.07) is 20.2. The molecule has 30 heavy (non-hydrogen) atoms. The maximum Gasteiger partial charge on any atom is 0.312 e. The van der Waals surface area contributed by atoms with Crippen molar-refractivity contribution < 1.29 is 14.4 Å². The lowest BCUT2D eigenvalue weighted by molar-refractivity contribution is -0.120. The van der Waals surface area contributed by atoms with Crippen LogP contribution in [0.15, 0.2) is 66.7 Å². The Morgan fingerprint density at radius 1 is 0.767 bits per heavy atom. The van der Waals surface area contributed by atoms with Gasteiger partial charge in [0.15, 0.2) is 0 Å². The lowest BCUT2D eigenvalue weighted by Gasteiger charge is -2.08. The van der Waals surface area contributed by atoms with Crippen molar-refractivity contribution in [3.63, 3.8) is 0 Å². The van der Waals surface area contributed by atoms with Gasteiger partial charge in [-0.25, -0.2) is 4.79 Å². The minimum absolute atomic E-state index is 0.163. The van der Waals surface area contributed by atoms with Gasteiger partial charge < -0.3 is 26.7 Å². The molecule has 4 amide bonds. The van der Waals surface area contributed by atoms with Crippen LogP contribution in [0.2, 0.25) is 0 Å². The number of nitrogens with one attached hydrogen (secondary N) is 4. The Labute approximate surface area is 173 Å². The molecule has 3 rings (SSSR count). The second-order valence-corrected chi connectivity index (χ2v) is 6.65. The molecular weight excluding hydrogens is 382 g/mol. The van der Waals surface area contributed by atoms with Crippen LogP contribution in [0.4, 0.5) is 4.79 Å². The van der Waals surface area contributed by atoms with Gasteiger partial charge in [0.25, 0.3) is 5.91 Å². The predicted molar refractivity (Wildman–Crippen MR) is 113 cm³/mol. The first-order chi connectivity index (χ1) is 14.5. The second-order valence-electron chi connectivity index (χ2n) is 6.65. The summed E-state index contributed by atoms with van der Waals surface area (Å²) in [5, 5.41) is 7.79. The summed E-state index contributed by atoms with van der Waals surface area (Å²) in [5.41, 5.74) is 9.15. The average Bonchev–Trinajstić information content (AvgIpc) is 3.26. The van der Waals surface area contributed by atoms with E-state index in [-0.39, 0.29) is 18.4 Å². The molecule has 8 heteroatoms. The smallest absolute Gasteiger partial charge is 0.312 e. The number of benzene rings is 2. The van der Waals surface area contributed by atoms with E-state index in [2.05, 4.69) is 20.9 Å². The summed E-state index contributed by atoms with van der Waals surface area (Å²) < 4.78 is 0. The fraction of sp³-hybridized carbons (Fsp3) is 0.136. The summed E-state index contributed by atoms with van der Waals surface area (Å²) in [6.07, 6.45) is 0. The number of primary amides is 1. The number of amides is 4. The first-order valence-electron chi connectivity index (χ1n) is 9.42. The van der Waals surface area contributed by atoms with Crippen molar-refractivity contribution in [2.45, 2.75) is 13.1 Å². The molecule has 2 aromatic carbocycles. The fourth-order valence-electron chi connectivity index (χ4n) is 2.80. The fourth-order valence-corrected chi connectivity index (χ4v) is 2.80. The van der Waals surface area contributed by atoms with Crippen molar-refractivity contribution in [3.8, 4) is 11.3 Å². The molecule has 8 nitrogen and oxygen atoms in total. The van der Waals surface area contributed by atoms with Crippen molar-refractivity contribution in [1.29, 1.82) is 0 Å². The van der Waals surface area contributed by atoms with Gasteiger partial charge in [0.1, 0.15) is 5.69 Å². The lowest BCUT2D eigenvalue weighted by atomic mass is 10.1. The highest BCUT2D eigenvalue weighted by Crippen LogP contribution is 2.17. The van der Waals surface area contributed by atoms with Crippen LogP contribution in [0, 0.1) is 0 Å². The van der Waals surface area contributed by atoms with Gasteiger partial charge >= 0.3 is 6.03 Å². The van der Waals surface area contributed by atoms with E-state index in [0.717, 1.165) is 22.4 Å². The number of hydrogen-bond donors (Lipinski definition) is 5. The van der Waals surface area contributed by atoms with Gasteiger partial charge in [0.2, 0.25) is 5.91 Å². The molecule has 0 aliphatic rings. The van der Waals surface area contributed by atoms with E-state index < -0.39 is 6.03 Å². The molecule has 0 aliphatic heterocycles. The maximum absolute atomic E-state index is 12.4. The summed E-state index contributed by atoms with van der Waals surface area (Å²) in [4.78, 5) is 37.7. The number of carbonyl (C=O) groups is 3. The van der Waals surface area contributed by atoms with Crippen molar-refractivity contribution in [1.82, 2.24) is 20.9 Å². The molecule has 0 bridgehead atoms. The van der Waals surface area contributed by atoms with E-state index in [1.807, 2.05) is 60.7 Å². The quantitative estimate of drug-likeness (QED) is 0.392. The average molecular weight is 405 g/mol. The predicted octanol–water partition coefficient (Wildman–Crippen LogP) is 1.90. The molecule has 0 radical (unpaired) electrons. The SMILES string of the molecule is NC(=O)NCC(=O)NCc1ccc(CNC(=O)c2ccc(-c3ccccc3)[nH]2)cc1. The number of H-pyrrole nitrogens is 1. The summed E-state index contributed by atoms with van der Waals surface area (Å²) in [5.74, 6) is -0.513. The second kappa shape index (κ2) is 9.92. The first-order valence-corrected chi connectivity index (χ1v) is 9.42. The number of urea groups is 1. The third-order valence-corrected chi connectivity index (χ3v) is 4.40. The Bertz CT molecular complexity index is 1010. The van der Waals surface area contributed by atoms with E-state index in [1.54, 1.807) is 6.07 Å². The third kappa shape index (κ3) is 5.96. The molecule has 0 saturated carbocycles. The monoisotopic (exact) mass is 405 g/mol. The van der Waals surface area contributed by atoms with Crippen LogP contribution < -0.4 is 21.7 Å². The molecule has 0 saturated heterocycles. The molecule has 1 aromatic heterocycles. The van der Waals surface area contributed by atoms with Gasteiger partial charge in [-0.05, 0) is 28.8 Å². The van der Waals surface area contributed by atoms with Gasteiger partial charge in [-0.2, -0.15) is 0 Å². The van der Waals surface area contributed by atoms with Crippen LogP contribution in [0.5, 0.6) is 0 Å². The third-order valence-electron chi connectivity index (χ3n) is 4.40. The Kier molecular flexibility index (Phi) is 6.83. The standard InChI is InChI=1S/C22H23N5O3/c23-22(30)26-14-20(28)24-12-15-6-8-16(9-7-15)13-25-21(29)19-11-10-18(27-19)17-4-2-1-3-5-17/h1-11,27H,12-14H2,(H,24,28)(H,25,29)(H3,23,26,30). The Balaban J connectivity index is 1.47. The zero-order chi connectivity index (χ0) is 21.3. The Morgan fingerprint density at radius 3 is 2.03 bits per heavy atom. The summed E-state index contributed by atoms with van der Waals surface area (Å²) in [7, 11) is 0. The molecule has 0 spiro atoms. The van der Waals surface area contributed by atoms with Gasteiger partial charge in [-0.1, -0.05) is 54.6 Å². The number of hydrogen-bond acceptors (Lipinski definition) is 3. The van der Waals surface area contributed by atoms with Crippen LogP contribution in [0.1, 0.15) is 21.6 Å². The minimum atomic E-state index is -0.743. The van der Waals surface area contributed by atoms with E-state index in [9.17, 15) is 14.4 Å². The van der Waals surface area contributed by atoms with E-state index in [4.69, 9.17) is 5.73 Å². The van der Waals surface area contributed by atoms with Gasteiger partial charge in [-0.15, -0.1) is 0 Å². The molecule has 1 heterocycles. The highest BCUT2D eigenvalue weighted by molar-refractivity contribution is 5.93. The van der Waals surface area contributed by atoms with Crippen LogP contribution >= 0.6 is 0 Å². The van der Waals surface area contributed by atoms with Crippen molar-refractivity contribution in [2.75, 3.05) is 6.54 Å². The van der Waals surface area contributed by atoms with Gasteiger partial charge in [-0.3, -0.25) is 9.59 Å². The van der Waals surface area contributed by atoms with Crippen LogP contribution in [-0.2, 0) is 17.9 Å². The molecule has 0 atom stereocenters. The maximum atomic E-state index is 12.4. The van der Waals surface area contributed by atoms with Gasteiger partial charge in [0, 0.05) is 18.8 Å². The number of nitrogens with two attached hydrogens (primary N) is 1. The van der Waals surface area contributed by atoms with E-state index in [0.29, 0.717) is 18.8 Å². The Morgan fingerprint density at radius 2 is 1.40 bits per heavy atom. The molecule has 0 unspecified atom stereocenters. The number of aromatic nitrogens is 1. The van der Waals surface area contributed by atoms with Crippen molar-refractivity contribution >= 4 is 17.8 Å². The van der Waals surface area contributed by atoms with Crippen LogP contribution in [0.25, 0.3) is 11.3 Å². The lowest BCUT2D eigenvalue weighted by Crippen LogP contribution is -2.39. The zero-order valence-electron chi connectivity index (χ0n) is 16.3. The number of carbonyl (C=O) groups excluding carboxylic acids is 3. The van der Waals surface area contributed by atoms with Crippen LogP contribution in [-0.4, -0.2) is 29.4 Å². The molecular formula is C22H23N5O3. The number of aromatic amines is 1. The first kappa shape index (κ1) is 20.7. The summed E-state index contributed by atoms with van der Waals surface area (Å²) in [6.45, 7) is 0.550. The molecule has 154 valence electrons. The highest BCUT2D eigenvalue weighted by Gasteiger charge is 2.09. The normalized spacial score (nSPS) is 10.3. The van der Waals surface area contributed by atoms with E-state index >= 15 is 0 Å². The van der Waals surface area contributed by atoms with Crippen LogP contribution in [0.3, 0.4) is 0 Å². The zero-order valence-corrected chi connectivity index (χ0v) is 16.3. The van der Waals surface area contributed by atoms with Crippen molar-refractivity contribution in [2.24, 2.45) is 5.73 Å². The van der Waals surface area contributed by atoms with E-state index in [1.165, 1.54) is 0 Å². The minimum Gasteiger partial charge on any atom is -0.352 e. The van der Waals surface area contributed by atoms with Gasteiger partial charge in [0.05, 0.1) is 6.54 Å². The molecule has 0 aliphatic carbocycles. The summed E-state index contributed by atoms with van der Waals surface area (Å²) >= 11 is 0. The Hall–Kier alpha value is -4.07.